The predicted molar refractivity (Wildman–Crippen MR) is 105 cm³/mol. The van der Waals surface area contributed by atoms with Crippen molar-refractivity contribution >= 4 is 28.8 Å². The van der Waals surface area contributed by atoms with Crippen molar-refractivity contribution in [3.05, 3.63) is 34.3 Å². The Kier molecular flexibility index (Phi) is 4.55. The number of anilines is 1. The number of thiophene rings is 1. The van der Waals surface area contributed by atoms with Crippen LogP contribution in [0.3, 0.4) is 0 Å². The lowest BCUT2D eigenvalue weighted by Crippen LogP contribution is -2.66. The van der Waals surface area contributed by atoms with E-state index in [1.54, 1.807) is 27.6 Å². The maximum Gasteiger partial charge on any atom is 0.246 e. The average molecular weight is 388 g/mol. The Labute approximate surface area is 163 Å². The molecule has 2 aromatic heterocycles. The molecule has 2 aliphatic heterocycles. The Hall–Kier alpha value is -2.19. The molecule has 7 nitrogen and oxygen atoms in total. The number of hydrogen-bond donors (Lipinski definition) is 0. The van der Waals surface area contributed by atoms with Crippen molar-refractivity contribution in [1.29, 1.82) is 0 Å². The maximum absolute atomic E-state index is 12.7. The van der Waals surface area contributed by atoms with Crippen LogP contribution in [0.25, 0.3) is 0 Å². The summed E-state index contributed by atoms with van der Waals surface area (Å²) in [5.74, 6) is -0.0702. The van der Waals surface area contributed by atoms with Gasteiger partial charge in [0, 0.05) is 49.6 Å². The summed E-state index contributed by atoms with van der Waals surface area (Å²) in [5.41, 5.74) is 0.472. The third-order valence-electron chi connectivity index (χ3n) is 5.59. The molecule has 4 heterocycles. The molecule has 0 aliphatic carbocycles. The minimum Gasteiger partial charge on any atom is -0.325 e. The molecule has 2 aromatic rings. The van der Waals surface area contributed by atoms with Crippen LogP contribution in [-0.2, 0) is 23.2 Å². The molecule has 2 aliphatic rings. The van der Waals surface area contributed by atoms with E-state index >= 15 is 0 Å². The molecule has 2 amide bonds. The third-order valence-corrected chi connectivity index (χ3v) is 6.57. The van der Waals surface area contributed by atoms with Gasteiger partial charge in [0.15, 0.2) is 0 Å². The summed E-state index contributed by atoms with van der Waals surface area (Å²) in [6.07, 6.45) is 4.45. The zero-order valence-electron chi connectivity index (χ0n) is 16.0. The molecule has 1 spiro atoms. The van der Waals surface area contributed by atoms with Gasteiger partial charge in [-0.05, 0) is 25.5 Å². The fraction of sp³-hybridized carbons (Fsp3) is 0.526. The van der Waals surface area contributed by atoms with Gasteiger partial charge in [-0.3, -0.25) is 19.2 Å². The molecular weight excluding hydrogens is 362 g/mol. The maximum atomic E-state index is 12.7. The van der Waals surface area contributed by atoms with Gasteiger partial charge in [0.05, 0.1) is 24.0 Å². The van der Waals surface area contributed by atoms with E-state index in [-0.39, 0.29) is 23.9 Å². The summed E-state index contributed by atoms with van der Waals surface area (Å²) in [4.78, 5) is 33.7. The largest absolute Gasteiger partial charge is 0.325 e. The number of aromatic nitrogens is 2. The summed E-state index contributed by atoms with van der Waals surface area (Å²) in [7, 11) is 1.84. The van der Waals surface area contributed by atoms with Crippen molar-refractivity contribution in [3.63, 3.8) is 0 Å². The average Bonchev–Trinajstić information content (AvgIpc) is 3.32. The highest BCUT2D eigenvalue weighted by atomic mass is 32.1. The Bertz CT molecular complexity index is 875. The van der Waals surface area contributed by atoms with Crippen molar-refractivity contribution in [1.82, 2.24) is 19.6 Å². The highest BCUT2D eigenvalue weighted by Crippen LogP contribution is 2.35. The Morgan fingerprint density at radius 3 is 2.78 bits per heavy atom. The fourth-order valence-corrected chi connectivity index (χ4v) is 5.23. The first-order valence-corrected chi connectivity index (χ1v) is 10.0. The molecule has 0 aromatic carbocycles. The molecule has 0 unspecified atom stereocenters. The molecular formula is C19H25N5O2S. The molecule has 1 atom stereocenters. The van der Waals surface area contributed by atoms with E-state index < -0.39 is 0 Å². The van der Waals surface area contributed by atoms with E-state index in [4.69, 9.17) is 0 Å². The van der Waals surface area contributed by atoms with Crippen molar-refractivity contribution in [2.45, 2.75) is 32.4 Å². The second kappa shape index (κ2) is 6.76. The van der Waals surface area contributed by atoms with Gasteiger partial charge in [-0.1, -0.05) is 0 Å². The van der Waals surface area contributed by atoms with Crippen LogP contribution < -0.4 is 4.90 Å². The first kappa shape index (κ1) is 18.2. The van der Waals surface area contributed by atoms with E-state index in [0.717, 1.165) is 31.7 Å². The summed E-state index contributed by atoms with van der Waals surface area (Å²) in [6.45, 7) is 6.96. The molecule has 0 radical (unpaired) electrons. The van der Waals surface area contributed by atoms with Gasteiger partial charge in [0.1, 0.15) is 6.54 Å². The molecule has 144 valence electrons. The van der Waals surface area contributed by atoms with E-state index in [2.05, 4.69) is 29.1 Å². The Morgan fingerprint density at radius 2 is 2.15 bits per heavy atom. The Balaban J connectivity index is 1.57. The molecule has 0 saturated carbocycles. The van der Waals surface area contributed by atoms with E-state index in [1.165, 1.54) is 9.75 Å². The predicted octanol–water partition coefficient (Wildman–Crippen LogP) is 1.63. The third kappa shape index (κ3) is 3.39. The number of carbonyl (C=O) groups excluding carboxylic acids is 2. The highest BCUT2D eigenvalue weighted by molar-refractivity contribution is 7.11. The van der Waals surface area contributed by atoms with Crippen LogP contribution in [0.1, 0.15) is 23.1 Å². The molecule has 2 fully saturated rings. The molecule has 4 rings (SSSR count). The van der Waals surface area contributed by atoms with E-state index in [9.17, 15) is 9.59 Å². The molecule has 0 N–H and O–H groups in total. The topological polar surface area (TPSA) is 61.7 Å². The van der Waals surface area contributed by atoms with Crippen molar-refractivity contribution in [2.24, 2.45) is 7.05 Å². The molecule has 27 heavy (non-hydrogen) atoms. The standard InChI is InChI=1S/C19H25N5O2S/c1-14-4-5-17(27-14)10-22-7-6-19(12-22)13-23(16-8-20-21(3)9-16)18(26)11-24(19)15(2)25/h4-5,8-9H,6-7,10-13H2,1-3H3/t19-/m1/s1. The second-order valence-corrected chi connectivity index (χ2v) is 9.03. The first-order chi connectivity index (χ1) is 12.9. The van der Waals surface area contributed by atoms with Gasteiger partial charge >= 0.3 is 0 Å². The van der Waals surface area contributed by atoms with Gasteiger partial charge in [0.25, 0.3) is 0 Å². The number of likely N-dealkylation sites (tertiary alicyclic amines) is 1. The zero-order chi connectivity index (χ0) is 19.2. The van der Waals surface area contributed by atoms with Gasteiger partial charge in [0.2, 0.25) is 11.8 Å². The van der Waals surface area contributed by atoms with Crippen LogP contribution in [0.4, 0.5) is 5.69 Å². The summed E-state index contributed by atoms with van der Waals surface area (Å²) >= 11 is 1.82. The SMILES string of the molecule is CC(=O)N1CC(=O)N(c2cnn(C)c2)C[C@]12CCN(Cc1ccc(C)s1)C2. The Morgan fingerprint density at radius 1 is 1.33 bits per heavy atom. The first-order valence-electron chi connectivity index (χ1n) is 9.21. The second-order valence-electron chi connectivity index (χ2n) is 7.65. The zero-order valence-corrected chi connectivity index (χ0v) is 16.8. The van der Waals surface area contributed by atoms with Crippen LogP contribution in [0.15, 0.2) is 24.5 Å². The highest BCUT2D eigenvalue weighted by Gasteiger charge is 2.50. The van der Waals surface area contributed by atoms with E-state index in [0.29, 0.717) is 6.54 Å². The lowest BCUT2D eigenvalue weighted by molar-refractivity contribution is -0.142. The van der Waals surface area contributed by atoms with Gasteiger partial charge in [-0.15, -0.1) is 11.3 Å². The van der Waals surface area contributed by atoms with Crippen molar-refractivity contribution in [3.8, 4) is 0 Å². The number of piperazine rings is 1. The lowest BCUT2D eigenvalue weighted by Gasteiger charge is -2.48. The summed E-state index contributed by atoms with van der Waals surface area (Å²) in [5, 5.41) is 4.20. The van der Waals surface area contributed by atoms with Crippen LogP contribution >= 0.6 is 11.3 Å². The molecule has 8 heteroatoms. The van der Waals surface area contributed by atoms with Crippen LogP contribution in [0, 0.1) is 6.92 Å². The normalized spacial score (nSPS) is 23.6. The minimum absolute atomic E-state index is 0.0250. The van der Waals surface area contributed by atoms with Crippen LogP contribution in [0.5, 0.6) is 0 Å². The number of nitrogens with zero attached hydrogens (tertiary/aromatic N) is 5. The van der Waals surface area contributed by atoms with Gasteiger partial charge in [-0.25, -0.2) is 0 Å². The number of carbonyl (C=O) groups is 2. The number of rotatable bonds is 3. The molecule has 0 bridgehead atoms. The fourth-order valence-electron chi connectivity index (χ4n) is 4.30. The van der Waals surface area contributed by atoms with Gasteiger partial charge < -0.3 is 9.80 Å². The lowest BCUT2D eigenvalue weighted by atomic mass is 9.92. The van der Waals surface area contributed by atoms with E-state index in [1.807, 2.05) is 24.6 Å². The van der Waals surface area contributed by atoms with Crippen LogP contribution in [-0.4, -0.2) is 63.1 Å². The number of aryl methyl sites for hydroxylation is 2. The van der Waals surface area contributed by atoms with Crippen LogP contribution in [0.2, 0.25) is 0 Å². The van der Waals surface area contributed by atoms with Crippen molar-refractivity contribution < 1.29 is 9.59 Å². The smallest absolute Gasteiger partial charge is 0.246 e. The molecule has 2 saturated heterocycles. The summed E-state index contributed by atoms with van der Waals surface area (Å²) < 4.78 is 1.70. The quantitative estimate of drug-likeness (QED) is 0.803. The monoisotopic (exact) mass is 387 g/mol. The van der Waals surface area contributed by atoms with Gasteiger partial charge in [-0.2, -0.15) is 5.10 Å². The number of amides is 2. The minimum atomic E-state index is -0.331. The van der Waals surface area contributed by atoms with Crippen molar-refractivity contribution in [2.75, 3.05) is 31.1 Å². The number of hydrogen-bond acceptors (Lipinski definition) is 5. The summed E-state index contributed by atoms with van der Waals surface area (Å²) in [6, 6.07) is 4.33.